The molecule has 0 saturated carbocycles. The van der Waals surface area contributed by atoms with Crippen LogP contribution in [0.15, 0.2) is 71.6 Å². The summed E-state index contributed by atoms with van der Waals surface area (Å²) >= 11 is 0. The van der Waals surface area contributed by atoms with Gasteiger partial charge in [-0.15, -0.1) is 0 Å². The van der Waals surface area contributed by atoms with E-state index >= 15 is 0 Å². The minimum Gasteiger partial charge on any atom is -0.371 e. The number of ether oxygens (including phenoxy) is 1. The molecule has 0 unspecified atom stereocenters. The largest absolute Gasteiger partial charge is 0.535 e. The van der Waals surface area contributed by atoms with Gasteiger partial charge < -0.3 is 36.1 Å². The van der Waals surface area contributed by atoms with Gasteiger partial charge in [0, 0.05) is 52.0 Å². The van der Waals surface area contributed by atoms with Crippen LogP contribution in [-0.4, -0.2) is 69.6 Å². The Morgan fingerprint density at radius 2 is 1.07 bits per heavy atom. The van der Waals surface area contributed by atoms with Crippen molar-refractivity contribution in [1.82, 2.24) is 0 Å². The summed E-state index contributed by atoms with van der Waals surface area (Å²) in [6, 6.07) is 19.8. The third kappa shape index (κ3) is 10.1. The van der Waals surface area contributed by atoms with Gasteiger partial charge in [0.05, 0.1) is 17.5 Å². The van der Waals surface area contributed by atoms with Crippen LogP contribution in [0.2, 0.25) is 0 Å². The van der Waals surface area contributed by atoms with Crippen molar-refractivity contribution in [3.05, 3.63) is 82.7 Å². The van der Waals surface area contributed by atoms with Crippen molar-refractivity contribution in [1.29, 1.82) is 0 Å². The average Bonchev–Trinajstić information content (AvgIpc) is 2.98. The van der Waals surface area contributed by atoms with Gasteiger partial charge in [0.25, 0.3) is 0 Å². The third-order valence-corrected chi connectivity index (χ3v) is 13.8. The molecule has 0 aliphatic heterocycles. The first-order valence-corrected chi connectivity index (χ1v) is 18.1. The lowest BCUT2D eigenvalue weighted by Gasteiger charge is -2.39. The highest BCUT2D eigenvalue weighted by atomic mass is 28.5. The van der Waals surface area contributed by atoms with Gasteiger partial charge in [-0.25, -0.2) is 0 Å². The molecule has 0 spiro atoms. The first-order valence-electron chi connectivity index (χ1n) is 14.7. The molecule has 0 N–H and O–H groups in total. The van der Waals surface area contributed by atoms with Crippen LogP contribution in [0.4, 0.5) is 0 Å². The van der Waals surface area contributed by atoms with Crippen molar-refractivity contribution >= 4 is 23.9 Å². The molecule has 0 aliphatic carbocycles. The third-order valence-electron chi connectivity index (χ3n) is 6.26. The number of rotatable bonds is 22. The lowest BCUT2D eigenvalue weighted by molar-refractivity contribution is -0.108. The van der Waals surface area contributed by atoms with Gasteiger partial charge in [0.2, 0.25) is 0 Å². The summed E-state index contributed by atoms with van der Waals surface area (Å²) in [6.45, 7) is 13.9. The van der Waals surface area contributed by atoms with Gasteiger partial charge in [-0.3, -0.25) is 0 Å². The summed E-state index contributed by atoms with van der Waals surface area (Å²) in [4.78, 5) is 12.7. The molecule has 41 heavy (non-hydrogen) atoms. The van der Waals surface area contributed by atoms with Crippen LogP contribution in [0, 0.1) is 0 Å². The Bertz CT molecular complexity index is 944. The highest BCUT2D eigenvalue weighted by Gasteiger charge is 2.62. The van der Waals surface area contributed by atoms with E-state index in [2.05, 4.69) is 0 Å². The fourth-order valence-electron chi connectivity index (χ4n) is 4.72. The Morgan fingerprint density at radius 3 is 1.46 bits per heavy atom. The molecule has 0 aromatic heterocycles. The van der Waals surface area contributed by atoms with Gasteiger partial charge in [0.1, 0.15) is 6.29 Å². The van der Waals surface area contributed by atoms with Crippen molar-refractivity contribution in [3.63, 3.8) is 0 Å². The van der Waals surface area contributed by atoms with E-state index < -0.39 is 23.7 Å². The lowest BCUT2D eigenvalue weighted by atomic mass is 9.90. The molecule has 0 aliphatic rings. The second kappa shape index (κ2) is 19.2. The maximum Gasteiger partial charge on any atom is 0.535 e. The molecule has 0 fully saturated rings. The van der Waals surface area contributed by atoms with Crippen LogP contribution in [-0.2, 0) is 42.7 Å². The summed E-state index contributed by atoms with van der Waals surface area (Å²) in [5.74, 6) is -0.305. The second-order valence-corrected chi connectivity index (χ2v) is 14.5. The molecule has 2 aromatic rings. The zero-order valence-electron chi connectivity index (χ0n) is 25.5. The van der Waals surface area contributed by atoms with E-state index in [0.717, 1.165) is 17.4 Å². The quantitative estimate of drug-likeness (QED) is 0.119. The molecule has 228 valence electrons. The predicted molar refractivity (Wildman–Crippen MR) is 164 cm³/mol. The maximum absolute atomic E-state index is 12.1. The zero-order chi connectivity index (χ0) is 30.0. The first kappa shape index (κ1) is 35.2. The van der Waals surface area contributed by atoms with Gasteiger partial charge >= 0.3 is 17.6 Å². The summed E-state index contributed by atoms with van der Waals surface area (Å²) in [5.41, 5.74) is 1.98. The van der Waals surface area contributed by atoms with Crippen molar-refractivity contribution in [2.24, 2.45) is 0 Å². The normalized spacial score (nSPS) is 13.5. The van der Waals surface area contributed by atoms with Crippen LogP contribution in [0.25, 0.3) is 0 Å². The van der Waals surface area contributed by atoms with E-state index in [-0.39, 0.29) is 12.3 Å². The molecule has 2 atom stereocenters. The molecule has 0 bridgehead atoms. The maximum atomic E-state index is 12.1. The van der Waals surface area contributed by atoms with Crippen molar-refractivity contribution < 1.29 is 36.1 Å². The fraction of sp³-hybridized carbons (Fsp3) is 0.516. The summed E-state index contributed by atoms with van der Waals surface area (Å²) in [5, 5.41) is 0. The van der Waals surface area contributed by atoms with Crippen LogP contribution >= 0.6 is 0 Å². The summed E-state index contributed by atoms with van der Waals surface area (Å²) < 4.78 is 45.2. The monoisotopic (exact) mass is 604 g/mol. The number of hydrogen-bond acceptors (Lipinski definition) is 8. The zero-order valence-corrected chi connectivity index (χ0v) is 27.5. The molecular weight excluding hydrogens is 557 g/mol. The number of hydrogen-bond donors (Lipinski definition) is 0. The van der Waals surface area contributed by atoms with E-state index in [9.17, 15) is 4.79 Å². The van der Waals surface area contributed by atoms with Gasteiger partial charge in [-0.1, -0.05) is 60.7 Å². The molecular formula is C31H48O8Si2. The SMILES string of the molecule is CCO[Si](OCC)(OCC)C(=C[C@@H](OCc1ccccc1)[C@H](CC=O)c1ccccc1)[Si](OCC)(OCC)OCC. The summed E-state index contributed by atoms with van der Waals surface area (Å²) in [7, 11) is -7.27. The van der Waals surface area contributed by atoms with E-state index in [1.54, 1.807) is 0 Å². The molecule has 0 saturated heterocycles. The van der Waals surface area contributed by atoms with Crippen molar-refractivity contribution in [3.8, 4) is 0 Å². The second-order valence-electron chi connectivity index (χ2n) is 8.97. The Morgan fingerprint density at radius 1 is 0.659 bits per heavy atom. The van der Waals surface area contributed by atoms with Crippen molar-refractivity contribution in [2.75, 3.05) is 39.6 Å². The van der Waals surface area contributed by atoms with Gasteiger partial charge in [-0.05, 0) is 58.7 Å². The van der Waals surface area contributed by atoms with Crippen LogP contribution in [0.3, 0.4) is 0 Å². The molecule has 0 amide bonds. The molecule has 0 heterocycles. The Kier molecular flexibility index (Phi) is 16.5. The van der Waals surface area contributed by atoms with Crippen LogP contribution < -0.4 is 0 Å². The Hall–Kier alpha value is -2.00. The van der Waals surface area contributed by atoms with Crippen molar-refractivity contribution in [2.45, 2.75) is 66.6 Å². The molecule has 2 aromatic carbocycles. The topological polar surface area (TPSA) is 81.7 Å². The van der Waals surface area contributed by atoms with E-state index in [1.165, 1.54) is 0 Å². The fourth-order valence-corrected chi connectivity index (χ4v) is 12.0. The van der Waals surface area contributed by atoms with Crippen LogP contribution in [0.1, 0.15) is 65.0 Å². The number of carbonyl (C=O) groups excluding carboxylic acids is 1. The summed E-state index contributed by atoms with van der Waals surface area (Å²) in [6.07, 6.45) is 2.55. The minimum absolute atomic E-state index is 0.242. The van der Waals surface area contributed by atoms with Gasteiger partial charge in [-0.2, -0.15) is 0 Å². The molecule has 2 rings (SSSR count). The Balaban J connectivity index is 2.89. The van der Waals surface area contributed by atoms with Crippen LogP contribution in [0.5, 0.6) is 0 Å². The lowest BCUT2D eigenvalue weighted by Crippen LogP contribution is -2.62. The minimum atomic E-state index is -3.63. The number of aldehydes is 1. The van der Waals surface area contributed by atoms with Gasteiger partial charge in [0.15, 0.2) is 0 Å². The average molecular weight is 605 g/mol. The smallest absolute Gasteiger partial charge is 0.371 e. The number of benzene rings is 2. The molecule has 10 heteroatoms. The molecule has 0 radical (unpaired) electrons. The highest BCUT2D eigenvalue weighted by Crippen LogP contribution is 2.36. The van der Waals surface area contributed by atoms with E-state index in [4.69, 9.17) is 31.3 Å². The standard InChI is InChI=1S/C31H48O8Si2/c1-7-34-40(35-8-2,36-9-3)31(41(37-10-4,38-11-5)39-12-6)25-30(33-26-27-19-15-13-16-20-27)29(23-24-32)28-21-17-14-18-22-28/h13-22,24-25,29-30H,7-12,23,26H2,1-6H3/t29-,30-/m1/s1. The molecule has 8 nitrogen and oxygen atoms in total. The Labute approximate surface area is 248 Å². The predicted octanol–water partition coefficient (Wildman–Crippen LogP) is 6.05. The first-order chi connectivity index (χ1) is 20.0. The number of carbonyl (C=O) groups is 1. The van der Waals surface area contributed by atoms with E-state index in [0.29, 0.717) is 51.1 Å². The van der Waals surface area contributed by atoms with E-state index in [1.807, 2.05) is 108 Å². The highest BCUT2D eigenvalue weighted by molar-refractivity contribution is 6.91.